The van der Waals surface area contributed by atoms with E-state index in [-0.39, 0.29) is 0 Å². The minimum Gasteiger partial charge on any atom is -0.364 e. The van der Waals surface area contributed by atoms with Crippen LogP contribution in [0.25, 0.3) is 0 Å². The van der Waals surface area contributed by atoms with Gasteiger partial charge >= 0.3 is 0 Å². The standard InChI is InChI=1S/C12H19N3O/c1-15(7-9-6-13-16-8-9)12-4-10-2-3-11(5-12)14-10/h6,8,10-12,14H,2-5,7H2,1H3. The second kappa shape index (κ2) is 4.18. The maximum absolute atomic E-state index is 4.87. The van der Waals surface area contributed by atoms with E-state index in [0.717, 1.165) is 18.6 Å². The first kappa shape index (κ1) is 10.3. The normalized spacial score (nSPS) is 33.5. The molecule has 0 amide bonds. The van der Waals surface area contributed by atoms with E-state index < -0.39 is 0 Å². The summed E-state index contributed by atoms with van der Waals surface area (Å²) in [6.07, 6.45) is 8.86. The fourth-order valence-corrected chi connectivity index (χ4v) is 3.11. The lowest BCUT2D eigenvalue weighted by Crippen LogP contribution is -2.46. The Morgan fingerprint density at radius 3 is 2.81 bits per heavy atom. The molecule has 16 heavy (non-hydrogen) atoms. The molecular weight excluding hydrogens is 202 g/mol. The Bertz CT molecular complexity index is 326. The fourth-order valence-electron chi connectivity index (χ4n) is 3.11. The van der Waals surface area contributed by atoms with Crippen LogP contribution in [-0.2, 0) is 6.54 Å². The molecule has 0 aromatic carbocycles. The summed E-state index contributed by atoms with van der Waals surface area (Å²) in [6.45, 7) is 0.952. The van der Waals surface area contributed by atoms with Gasteiger partial charge in [0.25, 0.3) is 0 Å². The molecule has 4 heteroatoms. The van der Waals surface area contributed by atoms with Gasteiger partial charge in [0.1, 0.15) is 6.26 Å². The van der Waals surface area contributed by atoms with Crippen molar-refractivity contribution in [3.05, 3.63) is 18.0 Å². The van der Waals surface area contributed by atoms with Crippen LogP contribution < -0.4 is 5.32 Å². The van der Waals surface area contributed by atoms with Crippen molar-refractivity contribution in [2.45, 2.75) is 50.4 Å². The largest absolute Gasteiger partial charge is 0.364 e. The average Bonchev–Trinajstić information content (AvgIpc) is 2.89. The zero-order valence-electron chi connectivity index (χ0n) is 9.72. The molecule has 1 N–H and O–H groups in total. The first-order chi connectivity index (χ1) is 7.81. The first-order valence-corrected chi connectivity index (χ1v) is 6.16. The minimum absolute atomic E-state index is 0.716. The molecule has 1 aromatic heterocycles. The number of nitrogens with zero attached hydrogens (tertiary/aromatic N) is 2. The summed E-state index contributed by atoms with van der Waals surface area (Å²) in [4.78, 5) is 2.44. The van der Waals surface area contributed by atoms with Crippen LogP contribution in [0.4, 0.5) is 0 Å². The number of hydrogen-bond donors (Lipinski definition) is 1. The summed E-state index contributed by atoms with van der Waals surface area (Å²) >= 11 is 0. The van der Waals surface area contributed by atoms with Crippen molar-refractivity contribution in [1.29, 1.82) is 0 Å². The Labute approximate surface area is 96.0 Å². The number of hydrogen-bond acceptors (Lipinski definition) is 4. The van der Waals surface area contributed by atoms with Gasteiger partial charge in [-0.25, -0.2) is 0 Å². The van der Waals surface area contributed by atoms with Crippen molar-refractivity contribution >= 4 is 0 Å². The molecule has 0 spiro atoms. The molecule has 2 saturated heterocycles. The fraction of sp³-hybridized carbons (Fsp3) is 0.750. The van der Waals surface area contributed by atoms with E-state index in [1.807, 2.05) is 6.20 Å². The summed E-state index contributed by atoms with van der Waals surface area (Å²) in [5.74, 6) is 0. The highest BCUT2D eigenvalue weighted by Gasteiger charge is 2.34. The SMILES string of the molecule is CN(Cc1cnoc1)C1CC2CCC(C1)N2. The smallest absolute Gasteiger partial charge is 0.128 e. The molecule has 2 aliphatic heterocycles. The quantitative estimate of drug-likeness (QED) is 0.837. The van der Waals surface area contributed by atoms with Crippen LogP contribution in [0, 0.1) is 0 Å². The van der Waals surface area contributed by atoms with E-state index in [2.05, 4.69) is 22.4 Å². The van der Waals surface area contributed by atoms with Crippen molar-refractivity contribution in [3.8, 4) is 0 Å². The molecule has 3 heterocycles. The predicted octanol–water partition coefficient (Wildman–Crippen LogP) is 1.39. The van der Waals surface area contributed by atoms with Crippen LogP contribution in [0.2, 0.25) is 0 Å². The monoisotopic (exact) mass is 221 g/mol. The van der Waals surface area contributed by atoms with Gasteiger partial charge in [-0.3, -0.25) is 4.90 Å². The van der Waals surface area contributed by atoms with Crippen molar-refractivity contribution < 1.29 is 4.52 Å². The highest BCUT2D eigenvalue weighted by Crippen LogP contribution is 2.29. The van der Waals surface area contributed by atoms with Crippen molar-refractivity contribution in [1.82, 2.24) is 15.4 Å². The number of rotatable bonds is 3. The Kier molecular flexibility index (Phi) is 2.69. The highest BCUT2D eigenvalue weighted by molar-refractivity contribution is 5.02. The molecular formula is C12H19N3O. The van der Waals surface area contributed by atoms with Crippen LogP contribution in [0.15, 0.2) is 17.0 Å². The molecule has 2 unspecified atom stereocenters. The van der Waals surface area contributed by atoms with Gasteiger partial charge in [-0.15, -0.1) is 0 Å². The van der Waals surface area contributed by atoms with Gasteiger partial charge in [0.2, 0.25) is 0 Å². The van der Waals surface area contributed by atoms with Gasteiger partial charge in [0.15, 0.2) is 0 Å². The molecule has 0 aliphatic carbocycles. The third-order valence-electron chi connectivity index (χ3n) is 3.99. The number of piperidine rings is 1. The molecule has 0 saturated carbocycles. The average molecular weight is 221 g/mol. The lowest BCUT2D eigenvalue weighted by Gasteiger charge is -2.35. The third-order valence-corrected chi connectivity index (χ3v) is 3.99. The molecule has 2 aliphatic rings. The molecule has 2 bridgehead atoms. The third kappa shape index (κ3) is 1.99. The zero-order chi connectivity index (χ0) is 11.0. The van der Waals surface area contributed by atoms with Crippen LogP contribution in [0.5, 0.6) is 0 Å². The maximum Gasteiger partial charge on any atom is 0.128 e. The van der Waals surface area contributed by atoms with E-state index in [0.29, 0.717) is 6.04 Å². The van der Waals surface area contributed by atoms with Gasteiger partial charge in [-0.1, -0.05) is 5.16 Å². The number of aromatic nitrogens is 1. The van der Waals surface area contributed by atoms with Crippen molar-refractivity contribution in [3.63, 3.8) is 0 Å². The molecule has 2 fully saturated rings. The van der Waals surface area contributed by atoms with E-state index in [4.69, 9.17) is 4.52 Å². The number of nitrogens with one attached hydrogen (secondary N) is 1. The van der Waals surface area contributed by atoms with E-state index >= 15 is 0 Å². The van der Waals surface area contributed by atoms with Gasteiger partial charge < -0.3 is 9.84 Å². The Morgan fingerprint density at radius 1 is 1.44 bits per heavy atom. The van der Waals surface area contributed by atoms with Crippen LogP contribution in [0.1, 0.15) is 31.2 Å². The molecule has 0 radical (unpaired) electrons. The molecule has 4 nitrogen and oxygen atoms in total. The van der Waals surface area contributed by atoms with E-state index in [1.165, 1.54) is 31.2 Å². The van der Waals surface area contributed by atoms with Crippen LogP contribution in [0.3, 0.4) is 0 Å². The summed E-state index contributed by atoms with van der Waals surface area (Å²) in [6, 6.07) is 2.23. The second-order valence-electron chi connectivity index (χ2n) is 5.21. The van der Waals surface area contributed by atoms with Gasteiger partial charge in [0, 0.05) is 30.2 Å². The minimum atomic E-state index is 0.716. The Hall–Kier alpha value is -0.870. The van der Waals surface area contributed by atoms with Crippen molar-refractivity contribution in [2.24, 2.45) is 0 Å². The van der Waals surface area contributed by atoms with Gasteiger partial charge in [0.05, 0.1) is 6.20 Å². The Balaban J connectivity index is 1.60. The lowest BCUT2D eigenvalue weighted by molar-refractivity contribution is 0.165. The molecule has 3 rings (SSSR count). The zero-order valence-corrected chi connectivity index (χ0v) is 9.72. The van der Waals surface area contributed by atoms with Gasteiger partial charge in [-0.2, -0.15) is 0 Å². The molecule has 2 atom stereocenters. The second-order valence-corrected chi connectivity index (χ2v) is 5.21. The molecule has 1 aromatic rings. The summed E-state index contributed by atoms with van der Waals surface area (Å²) < 4.78 is 4.87. The van der Waals surface area contributed by atoms with Crippen LogP contribution in [-0.4, -0.2) is 35.2 Å². The van der Waals surface area contributed by atoms with Crippen molar-refractivity contribution in [2.75, 3.05) is 7.05 Å². The lowest BCUT2D eigenvalue weighted by atomic mass is 9.98. The number of fused-ring (bicyclic) bond motifs is 2. The van der Waals surface area contributed by atoms with E-state index in [9.17, 15) is 0 Å². The topological polar surface area (TPSA) is 41.3 Å². The van der Waals surface area contributed by atoms with Gasteiger partial charge in [-0.05, 0) is 32.7 Å². The van der Waals surface area contributed by atoms with Crippen LogP contribution >= 0.6 is 0 Å². The van der Waals surface area contributed by atoms with E-state index in [1.54, 1.807) is 6.26 Å². The maximum atomic E-state index is 4.87. The first-order valence-electron chi connectivity index (χ1n) is 6.16. The Morgan fingerprint density at radius 2 is 2.19 bits per heavy atom. The molecule has 88 valence electrons. The predicted molar refractivity (Wildman–Crippen MR) is 60.9 cm³/mol. The highest BCUT2D eigenvalue weighted by atomic mass is 16.5. The summed E-state index contributed by atoms with van der Waals surface area (Å²) in [5.41, 5.74) is 1.17. The summed E-state index contributed by atoms with van der Waals surface area (Å²) in [7, 11) is 2.21. The summed E-state index contributed by atoms with van der Waals surface area (Å²) in [5, 5.41) is 7.43.